The fourth-order valence-electron chi connectivity index (χ4n) is 3.83. The molecule has 1 amide bonds. The fourth-order valence-corrected chi connectivity index (χ4v) is 3.83. The van der Waals surface area contributed by atoms with Gasteiger partial charge in [0, 0.05) is 12.5 Å². The van der Waals surface area contributed by atoms with E-state index in [1.54, 1.807) is 0 Å². The van der Waals surface area contributed by atoms with E-state index >= 15 is 0 Å². The largest absolute Gasteiger partial charge is 0.486 e. The van der Waals surface area contributed by atoms with Crippen molar-refractivity contribution in [3.05, 3.63) is 59.7 Å². The summed E-state index contributed by atoms with van der Waals surface area (Å²) in [6.45, 7) is 5.94. The smallest absolute Gasteiger partial charge is 0.223 e. The number of hydrogen-bond donors (Lipinski definition) is 1. The number of likely N-dealkylation sites (tertiary alicyclic amines) is 1. The molecule has 0 radical (unpaired) electrons. The second kappa shape index (κ2) is 8.65. The number of carbonyl (C=O) groups is 1. The number of hydrogen-bond acceptors (Lipinski definition) is 4. The number of fused-ring (bicyclic) bond motifs is 1. The zero-order chi connectivity index (χ0) is 19.3. The van der Waals surface area contributed by atoms with Gasteiger partial charge in [0.25, 0.3) is 0 Å². The molecule has 0 spiro atoms. The summed E-state index contributed by atoms with van der Waals surface area (Å²) >= 11 is 0. The molecular weight excluding hydrogens is 352 g/mol. The molecule has 5 heteroatoms. The highest BCUT2D eigenvalue weighted by Crippen LogP contribution is 2.30. The third kappa shape index (κ3) is 4.65. The van der Waals surface area contributed by atoms with Crippen LogP contribution in [0.2, 0.25) is 0 Å². The van der Waals surface area contributed by atoms with Gasteiger partial charge < -0.3 is 14.8 Å². The van der Waals surface area contributed by atoms with Gasteiger partial charge in [0.1, 0.15) is 12.7 Å². The minimum Gasteiger partial charge on any atom is -0.486 e. The van der Waals surface area contributed by atoms with E-state index in [1.165, 1.54) is 11.1 Å². The Kier molecular flexibility index (Phi) is 5.81. The number of piperidine rings is 1. The maximum atomic E-state index is 12.6. The van der Waals surface area contributed by atoms with Crippen LogP contribution in [0.4, 0.5) is 0 Å². The van der Waals surface area contributed by atoms with Crippen LogP contribution >= 0.6 is 0 Å². The summed E-state index contributed by atoms with van der Waals surface area (Å²) < 4.78 is 11.6. The van der Waals surface area contributed by atoms with Gasteiger partial charge in [-0.3, -0.25) is 9.69 Å². The molecule has 28 heavy (non-hydrogen) atoms. The van der Waals surface area contributed by atoms with Crippen LogP contribution in [0.25, 0.3) is 0 Å². The predicted octanol–water partition coefficient (Wildman–Crippen LogP) is 3.16. The summed E-state index contributed by atoms with van der Waals surface area (Å²) in [5.74, 6) is 1.74. The Hall–Kier alpha value is -2.53. The van der Waals surface area contributed by atoms with Crippen LogP contribution in [0, 0.1) is 12.8 Å². The minimum absolute atomic E-state index is 0.0889. The van der Waals surface area contributed by atoms with Crippen molar-refractivity contribution in [3.8, 4) is 11.5 Å². The van der Waals surface area contributed by atoms with Crippen LogP contribution < -0.4 is 14.8 Å². The summed E-state index contributed by atoms with van der Waals surface area (Å²) in [4.78, 5) is 15.0. The van der Waals surface area contributed by atoms with E-state index in [2.05, 4.69) is 41.4 Å². The van der Waals surface area contributed by atoms with E-state index in [4.69, 9.17) is 9.47 Å². The molecule has 1 saturated heterocycles. The molecular formula is C23H28N2O3. The molecule has 2 aromatic rings. The molecule has 2 aliphatic heterocycles. The topological polar surface area (TPSA) is 50.8 Å². The van der Waals surface area contributed by atoms with Crippen molar-refractivity contribution < 1.29 is 14.3 Å². The predicted molar refractivity (Wildman–Crippen MR) is 109 cm³/mol. The lowest BCUT2D eigenvalue weighted by Crippen LogP contribution is -2.45. The lowest BCUT2D eigenvalue weighted by Gasteiger charge is -2.32. The standard InChI is InChI=1S/C23H28N2O3/c1-17-6-8-18(9-7-17)15-25-12-10-19(11-13-25)23(26)24-14-20-16-27-21-4-2-3-5-22(21)28-20/h2-9,19-20H,10-16H2,1H3,(H,24,26)/t20-/m1/s1. The van der Waals surface area contributed by atoms with Crippen molar-refractivity contribution in [1.29, 1.82) is 0 Å². The zero-order valence-corrected chi connectivity index (χ0v) is 16.4. The Labute approximate surface area is 166 Å². The molecule has 0 aromatic heterocycles. The summed E-state index contributed by atoms with van der Waals surface area (Å²) in [6, 6.07) is 16.3. The van der Waals surface area contributed by atoms with Gasteiger partial charge in [-0.15, -0.1) is 0 Å². The number of aryl methyl sites for hydroxylation is 1. The molecule has 2 aliphatic rings. The second-order valence-corrected chi connectivity index (χ2v) is 7.78. The molecule has 1 N–H and O–H groups in total. The number of benzene rings is 2. The van der Waals surface area contributed by atoms with Gasteiger partial charge in [0.15, 0.2) is 11.5 Å². The van der Waals surface area contributed by atoms with Crippen LogP contribution in [0.1, 0.15) is 24.0 Å². The van der Waals surface area contributed by atoms with Gasteiger partial charge >= 0.3 is 0 Å². The van der Waals surface area contributed by atoms with Crippen LogP contribution in [0.5, 0.6) is 11.5 Å². The lowest BCUT2D eigenvalue weighted by atomic mass is 9.95. The highest BCUT2D eigenvalue weighted by Gasteiger charge is 2.27. The number of para-hydroxylation sites is 2. The average molecular weight is 380 g/mol. The third-order valence-electron chi connectivity index (χ3n) is 5.56. The normalized spacial score (nSPS) is 20.0. The van der Waals surface area contributed by atoms with E-state index in [1.807, 2.05) is 24.3 Å². The van der Waals surface area contributed by atoms with E-state index in [-0.39, 0.29) is 17.9 Å². The maximum Gasteiger partial charge on any atom is 0.223 e. The minimum atomic E-state index is -0.138. The van der Waals surface area contributed by atoms with Gasteiger partial charge in [-0.1, -0.05) is 42.0 Å². The van der Waals surface area contributed by atoms with Crippen LogP contribution in [-0.2, 0) is 11.3 Å². The van der Waals surface area contributed by atoms with Gasteiger partial charge in [-0.2, -0.15) is 0 Å². The van der Waals surface area contributed by atoms with Crippen molar-refractivity contribution in [1.82, 2.24) is 10.2 Å². The Morgan fingerprint density at radius 2 is 1.79 bits per heavy atom. The molecule has 0 unspecified atom stereocenters. The van der Waals surface area contributed by atoms with Gasteiger partial charge in [0.05, 0.1) is 6.54 Å². The number of nitrogens with one attached hydrogen (secondary N) is 1. The SMILES string of the molecule is Cc1ccc(CN2CCC(C(=O)NC[C@@H]3COc4ccccc4O3)CC2)cc1. The number of amides is 1. The summed E-state index contributed by atoms with van der Waals surface area (Å²) in [5, 5.41) is 3.06. The van der Waals surface area contributed by atoms with Crippen LogP contribution in [-0.4, -0.2) is 43.2 Å². The van der Waals surface area contributed by atoms with E-state index < -0.39 is 0 Å². The molecule has 5 nitrogen and oxygen atoms in total. The highest BCUT2D eigenvalue weighted by atomic mass is 16.6. The van der Waals surface area contributed by atoms with Gasteiger partial charge in [-0.05, 0) is 50.6 Å². The molecule has 0 bridgehead atoms. The van der Waals surface area contributed by atoms with E-state index in [0.29, 0.717) is 13.2 Å². The molecule has 2 aromatic carbocycles. The molecule has 148 valence electrons. The molecule has 0 aliphatic carbocycles. The summed E-state index contributed by atoms with van der Waals surface area (Å²) in [6.07, 6.45) is 1.67. The molecule has 0 saturated carbocycles. The molecule has 1 fully saturated rings. The van der Waals surface area contributed by atoms with Crippen molar-refractivity contribution >= 4 is 5.91 Å². The number of rotatable bonds is 5. The Balaban J connectivity index is 1.20. The first-order valence-corrected chi connectivity index (χ1v) is 10.1. The first-order valence-electron chi connectivity index (χ1n) is 10.1. The quantitative estimate of drug-likeness (QED) is 0.866. The van der Waals surface area contributed by atoms with E-state index in [0.717, 1.165) is 44.0 Å². The second-order valence-electron chi connectivity index (χ2n) is 7.78. The van der Waals surface area contributed by atoms with E-state index in [9.17, 15) is 4.79 Å². The van der Waals surface area contributed by atoms with Crippen molar-refractivity contribution in [2.75, 3.05) is 26.2 Å². The van der Waals surface area contributed by atoms with Crippen molar-refractivity contribution in [2.24, 2.45) is 5.92 Å². The van der Waals surface area contributed by atoms with Crippen molar-refractivity contribution in [2.45, 2.75) is 32.4 Å². The number of nitrogens with zero attached hydrogens (tertiary/aromatic N) is 1. The third-order valence-corrected chi connectivity index (χ3v) is 5.56. The Morgan fingerprint density at radius 1 is 1.07 bits per heavy atom. The van der Waals surface area contributed by atoms with Gasteiger partial charge in [0.2, 0.25) is 5.91 Å². The molecule has 2 heterocycles. The fraction of sp³-hybridized carbons (Fsp3) is 0.435. The molecule has 1 atom stereocenters. The zero-order valence-electron chi connectivity index (χ0n) is 16.4. The maximum absolute atomic E-state index is 12.6. The first-order chi connectivity index (χ1) is 13.7. The number of ether oxygens (including phenoxy) is 2. The average Bonchev–Trinajstić information content (AvgIpc) is 2.74. The first kappa shape index (κ1) is 18.8. The lowest BCUT2D eigenvalue weighted by molar-refractivity contribution is -0.127. The summed E-state index contributed by atoms with van der Waals surface area (Å²) in [5.41, 5.74) is 2.62. The monoisotopic (exact) mass is 380 g/mol. The molecule has 4 rings (SSSR count). The summed E-state index contributed by atoms with van der Waals surface area (Å²) in [7, 11) is 0. The van der Waals surface area contributed by atoms with Crippen LogP contribution in [0.15, 0.2) is 48.5 Å². The number of carbonyl (C=O) groups excluding carboxylic acids is 1. The Morgan fingerprint density at radius 3 is 2.54 bits per heavy atom. The van der Waals surface area contributed by atoms with Gasteiger partial charge in [-0.25, -0.2) is 0 Å². The highest BCUT2D eigenvalue weighted by molar-refractivity contribution is 5.78. The van der Waals surface area contributed by atoms with Crippen molar-refractivity contribution in [3.63, 3.8) is 0 Å². The van der Waals surface area contributed by atoms with Crippen LogP contribution in [0.3, 0.4) is 0 Å². The Bertz CT molecular complexity index is 798.